The lowest BCUT2D eigenvalue weighted by Gasteiger charge is -2.23. The van der Waals surface area contributed by atoms with E-state index in [0.717, 1.165) is 47.7 Å². The molecule has 146 valence electrons. The fourth-order valence-electron chi connectivity index (χ4n) is 1.67. The maximum Gasteiger partial charge on any atom is 0.122 e. The largest absolute Gasteiger partial charge is 1.00 e. The average Bonchev–Trinajstić information content (AvgIpc) is 2.36. The second-order valence-corrected chi connectivity index (χ2v) is 7.55. The summed E-state index contributed by atoms with van der Waals surface area (Å²) in [6, 6.07) is 0. The molecule has 0 saturated heterocycles. The zero-order valence-corrected chi connectivity index (χ0v) is 20.5. The third kappa shape index (κ3) is 27.2. The summed E-state index contributed by atoms with van der Waals surface area (Å²) >= 11 is 0. The minimum atomic E-state index is 0. The van der Waals surface area contributed by atoms with Crippen molar-refractivity contribution in [2.24, 2.45) is 10.3 Å². The van der Waals surface area contributed by atoms with Gasteiger partial charge in [-0.05, 0) is 12.8 Å². The lowest BCUT2D eigenvalue weighted by molar-refractivity contribution is -0.870. The van der Waals surface area contributed by atoms with Crippen molar-refractivity contribution in [3.8, 4) is 0 Å². The first kappa shape index (κ1) is 29.1. The number of nitrogens with zero attached hydrogens (tertiary/aromatic N) is 4. The Balaban J connectivity index is -0.00000220. The normalized spacial score (nSPS) is 12.1. The van der Waals surface area contributed by atoms with E-state index in [2.05, 4.69) is 52.6 Å². The van der Waals surface area contributed by atoms with Crippen LogP contribution in [-0.4, -0.2) is 90.0 Å². The summed E-state index contributed by atoms with van der Waals surface area (Å²) in [6.45, 7) is 3.53. The summed E-state index contributed by atoms with van der Waals surface area (Å²) in [4.78, 5) is 10.4. The first-order chi connectivity index (χ1) is 10.2. The summed E-state index contributed by atoms with van der Waals surface area (Å²) < 4.78 is 1.91. The fourth-order valence-corrected chi connectivity index (χ4v) is 1.67. The van der Waals surface area contributed by atoms with Crippen molar-refractivity contribution in [1.29, 1.82) is 0 Å². The van der Waals surface area contributed by atoms with Gasteiger partial charge in [0.25, 0.3) is 0 Å². The number of rotatable bonds is 13. The molecule has 6 nitrogen and oxygen atoms in total. The Hall–Kier alpha value is 0.320. The van der Waals surface area contributed by atoms with E-state index in [0.29, 0.717) is 13.2 Å². The number of unbranched alkanes of at least 4 members (excludes halogenated alkanes) is 1. The molecule has 8 heteroatoms. The molecule has 0 aliphatic carbocycles. The quantitative estimate of drug-likeness (QED) is 0.0746. The summed E-state index contributed by atoms with van der Waals surface area (Å²) in [6.07, 6.45) is 7.25. The molecule has 0 amide bonds. The van der Waals surface area contributed by atoms with Crippen LogP contribution < -0.4 is 48.0 Å². The van der Waals surface area contributed by atoms with Crippen LogP contribution in [0.2, 0.25) is 0 Å². The molecule has 0 radical (unpaired) electrons. The van der Waals surface area contributed by atoms with Gasteiger partial charge >= 0.3 is 0 Å². The monoisotopic (exact) mass is 570 g/mol. The fraction of sp³-hybridized carbons (Fsp3) is 0.875. The van der Waals surface area contributed by atoms with Gasteiger partial charge in [-0.15, -0.1) is 0 Å². The molecule has 0 spiro atoms. The van der Waals surface area contributed by atoms with Crippen LogP contribution >= 0.6 is 0 Å². The van der Waals surface area contributed by atoms with Gasteiger partial charge in [0.15, 0.2) is 0 Å². The van der Waals surface area contributed by atoms with E-state index >= 15 is 0 Å². The molecule has 0 aliphatic rings. The van der Waals surface area contributed by atoms with Crippen LogP contribution in [0.5, 0.6) is 0 Å². The molecule has 0 fully saturated rings. The standard InChI is InChI=1S/C16H36N4O2.2HI/c1-19(2,3)13-9-15-21-17-11-7-8-12-18-22-16-10-14-20(4,5)6;;/h11-12H,7-10,13-16H2,1-6H3;2*1H/q+2;;/p-2/b17-11+,18-12+;;. The van der Waals surface area contributed by atoms with Crippen LogP contribution in [0.4, 0.5) is 0 Å². The Labute approximate surface area is 182 Å². The molecular weight excluding hydrogens is 534 g/mol. The van der Waals surface area contributed by atoms with Gasteiger partial charge in [-0.3, -0.25) is 0 Å². The van der Waals surface area contributed by atoms with Crippen molar-refractivity contribution in [2.45, 2.75) is 25.7 Å². The number of hydrogen-bond acceptors (Lipinski definition) is 4. The van der Waals surface area contributed by atoms with Crippen LogP contribution in [0, 0.1) is 0 Å². The molecular formula is C16H36I2N4O2. The highest BCUT2D eigenvalue weighted by atomic mass is 127. The van der Waals surface area contributed by atoms with Crippen LogP contribution in [0.25, 0.3) is 0 Å². The van der Waals surface area contributed by atoms with Crippen molar-refractivity contribution >= 4 is 12.4 Å². The summed E-state index contributed by atoms with van der Waals surface area (Å²) in [5.41, 5.74) is 0. The Kier molecular flexibility index (Phi) is 20.3. The zero-order valence-electron chi connectivity index (χ0n) is 16.2. The van der Waals surface area contributed by atoms with E-state index in [4.69, 9.17) is 9.68 Å². The van der Waals surface area contributed by atoms with Gasteiger partial charge in [-0.25, -0.2) is 0 Å². The van der Waals surface area contributed by atoms with Crippen molar-refractivity contribution < 1.29 is 66.6 Å². The number of oxime groups is 2. The highest BCUT2D eigenvalue weighted by Gasteiger charge is 2.05. The lowest BCUT2D eigenvalue weighted by Crippen LogP contribution is -3.00. The second kappa shape index (κ2) is 16.8. The Morgan fingerprint density at radius 2 is 1.00 bits per heavy atom. The molecule has 0 aromatic heterocycles. The van der Waals surface area contributed by atoms with Crippen molar-refractivity contribution in [3.05, 3.63) is 0 Å². The number of hydrogen-bond donors (Lipinski definition) is 0. The highest BCUT2D eigenvalue weighted by molar-refractivity contribution is 5.65. The molecule has 0 aliphatic heterocycles. The lowest BCUT2D eigenvalue weighted by atomic mass is 10.3. The average molecular weight is 570 g/mol. The first-order valence-corrected chi connectivity index (χ1v) is 8.09. The van der Waals surface area contributed by atoms with Crippen LogP contribution in [0.1, 0.15) is 25.7 Å². The first-order valence-electron chi connectivity index (χ1n) is 8.09. The van der Waals surface area contributed by atoms with Crippen molar-refractivity contribution in [2.75, 3.05) is 68.6 Å². The van der Waals surface area contributed by atoms with E-state index in [1.54, 1.807) is 12.4 Å². The molecule has 0 aromatic rings. The molecule has 24 heavy (non-hydrogen) atoms. The predicted molar refractivity (Wildman–Crippen MR) is 93.2 cm³/mol. The van der Waals surface area contributed by atoms with Gasteiger partial charge in [0.2, 0.25) is 0 Å². The van der Waals surface area contributed by atoms with Crippen molar-refractivity contribution in [1.82, 2.24) is 0 Å². The minimum absolute atomic E-state index is 0. The molecule has 0 atom stereocenters. The van der Waals surface area contributed by atoms with Crippen molar-refractivity contribution in [3.63, 3.8) is 0 Å². The Morgan fingerprint density at radius 3 is 1.29 bits per heavy atom. The maximum atomic E-state index is 5.20. The van der Waals surface area contributed by atoms with Gasteiger partial charge in [-0.2, -0.15) is 0 Å². The van der Waals surface area contributed by atoms with Crippen LogP contribution in [0.15, 0.2) is 10.3 Å². The van der Waals surface area contributed by atoms with E-state index in [-0.39, 0.29) is 48.0 Å². The van der Waals surface area contributed by atoms with Gasteiger partial charge in [0.1, 0.15) is 13.2 Å². The van der Waals surface area contributed by atoms with Crippen LogP contribution in [0.3, 0.4) is 0 Å². The second-order valence-electron chi connectivity index (χ2n) is 7.55. The van der Waals surface area contributed by atoms with Gasteiger partial charge < -0.3 is 66.6 Å². The molecule has 0 rings (SSSR count). The van der Waals surface area contributed by atoms with E-state index < -0.39 is 0 Å². The zero-order chi connectivity index (χ0) is 16.9. The number of halogens is 2. The van der Waals surface area contributed by atoms with Gasteiger partial charge in [0, 0.05) is 25.3 Å². The molecule has 0 heterocycles. The Morgan fingerprint density at radius 1 is 0.667 bits per heavy atom. The SMILES string of the molecule is C[N+](C)(C)CCCO/N=C/CC/C=N/OCCC[N+](C)(C)C.[I-].[I-]. The van der Waals surface area contributed by atoms with Gasteiger partial charge in [-0.1, -0.05) is 10.3 Å². The third-order valence-corrected chi connectivity index (χ3v) is 2.85. The molecule has 0 aromatic carbocycles. The molecule has 0 unspecified atom stereocenters. The van der Waals surface area contributed by atoms with Crippen LogP contribution in [-0.2, 0) is 9.68 Å². The van der Waals surface area contributed by atoms with E-state index in [9.17, 15) is 0 Å². The smallest absolute Gasteiger partial charge is 0.122 e. The third-order valence-electron chi connectivity index (χ3n) is 2.85. The maximum absolute atomic E-state index is 5.20. The summed E-state index contributed by atoms with van der Waals surface area (Å²) in [7, 11) is 13.0. The van der Waals surface area contributed by atoms with Gasteiger partial charge in [0.05, 0.1) is 55.4 Å². The topological polar surface area (TPSA) is 43.2 Å². The van der Waals surface area contributed by atoms with E-state index in [1.165, 1.54) is 0 Å². The molecule has 0 N–H and O–H groups in total. The highest BCUT2D eigenvalue weighted by Crippen LogP contribution is 1.95. The number of quaternary nitrogens is 2. The Bertz CT molecular complexity index is 295. The minimum Gasteiger partial charge on any atom is -1.00 e. The summed E-state index contributed by atoms with van der Waals surface area (Å²) in [5.74, 6) is 0. The molecule has 0 saturated carbocycles. The van der Waals surface area contributed by atoms with E-state index in [1.807, 2.05) is 0 Å². The summed E-state index contributed by atoms with van der Waals surface area (Å²) in [5, 5.41) is 7.86. The predicted octanol–water partition coefficient (Wildman–Crippen LogP) is -4.03. The molecule has 0 bridgehead atoms.